The van der Waals surface area contributed by atoms with E-state index < -0.39 is 9.84 Å². The average Bonchev–Trinajstić information content (AvgIpc) is 3.76. The number of rotatable bonds is 7. The third-order valence-corrected chi connectivity index (χ3v) is 11.0. The van der Waals surface area contributed by atoms with Crippen molar-refractivity contribution in [3.05, 3.63) is 95.6 Å². The first-order valence-corrected chi connectivity index (χ1v) is 17.5. The quantitative estimate of drug-likeness (QED) is 0.231. The van der Waals surface area contributed by atoms with Crippen molar-refractivity contribution in [3.8, 4) is 17.1 Å². The van der Waals surface area contributed by atoms with Gasteiger partial charge in [0.1, 0.15) is 11.6 Å². The third kappa shape index (κ3) is 5.61. The molecule has 10 nitrogen and oxygen atoms in total. The first-order chi connectivity index (χ1) is 22.8. The van der Waals surface area contributed by atoms with Crippen molar-refractivity contribution < 1.29 is 22.7 Å². The van der Waals surface area contributed by atoms with E-state index in [0.717, 1.165) is 52.1 Å². The van der Waals surface area contributed by atoms with E-state index in [4.69, 9.17) is 9.72 Å². The summed E-state index contributed by atoms with van der Waals surface area (Å²) in [5.74, 6) is 0.972. The highest BCUT2D eigenvalue weighted by Gasteiger charge is 2.30. The molecule has 3 aliphatic heterocycles. The number of aryl methyl sites for hydroxylation is 1. The van der Waals surface area contributed by atoms with Crippen LogP contribution < -0.4 is 19.9 Å². The van der Waals surface area contributed by atoms with Gasteiger partial charge in [-0.2, -0.15) is 0 Å². The molecule has 47 heavy (non-hydrogen) atoms. The molecule has 11 heteroatoms. The Balaban J connectivity index is 0.913. The molecular weight excluding hydrogens is 614 g/mol. The van der Waals surface area contributed by atoms with Crippen LogP contribution in [0.5, 0.6) is 5.75 Å². The lowest BCUT2D eigenvalue weighted by molar-refractivity contribution is -0.118. The Bertz CT molecular complexity index is 2150. The molecule has 0 saturated carbocycles. The maximum atomic E-state index is 13.4. The monoisotopic (exact) mass is 647 g/mol. The highest BCUT2D eigenvalue weighted by molar-refractivity contribution is 7.91. The van der Waals surface area contributed by atoms with Gasteiger partial charge in [0.25, 0.3) is 11.8 Å². The van der Waals surface area contributed by atoms with Crippen LogP contribution in [-0.2, 0) is 27.6 Å². The van der Waals surface area contributed by atoms with Crippen LogP contribution in [0.1, 0.15) is 40.7 Å². The lowest BCUT2D eigenvalue weighted by Gasteiger charge is -2.29. The number of amides is 2. The number of anilines is 3. The second kappa shape index (κ2) is 11.6. The van der Waals surface area contributed by atoms with E-state index >= 15 is 0 Å². The van der Waals surface area contributed by atoms with Crippen LogP contribution in [-0.4, -0.2) is 55.6 Å². The number of fused-ring (bicyclic) bond motifs is 3. The molecule has 2 amide bonds. The molecule has 0 bridgehead atoms. The predicted octanol–water partition coefficient (Wildman–Crippen LogP) is 5.73. The first kappa shape index (κ1) is 29.3. The number of nitrogens with one attached hydrogen (secondary N) is 2. The molecule has 4 heterocycles. The second-order valence-electron chi connectivity index (χ2n) is 12.3. The molecule has 0 radical (unpaired) electrons. The summed E-state index contributed by atoms with van der Waals surface area (Å²) in [4.78, 5) is 38.6. The molecule has 1 saturated heterocycles. The molecule has 2 N–H and O–H groups in total. The maximum absolute atomic E-state index is 13.4. The predicted molar refractivity (Wildman–Crippen MR) is 181 cm³/mol. The number of imidazole rings is 1. The zero-order valence-electron chi connectivity index (χ0n) is 25.7. The van der Waals surface area contributed by atoms with E-state index in [-0.39, 0.29) is 24.2 Å². The number of sulfone groups is 1. The minimum Gasteiger partial charge on any atom is -0.484 e. The van der Waals surface area contributed by atoms with Crippen molar-refractivity contribution in [2.75, 3.05) is 40.6 Å². The normalized spacial score (nSPS) is 16.7. The fourth-order valence-electron chi connectivity index (χ4n) is 6.73. The second-order valence-corrected chi connectivity index (χ2v) is 14.4. The Morgan fingerprint density at radius 1 is 0.894 bits per heavy atom. The lowest BCUT2D eigenvalue weighted by atomic mass is 10.1. The molecule has 0 spiro atoms. The topological polar surface area (TPSA) is 125 Å². The standard InChI is InChI=1S/C36H33N5O5S/c42-34(37-26-6-13-33-24(18-26)14-17-47(33,44)45)22-46-29-9-4-23(5-10-29)35-38-31-12-8-28(20-32(31)39-35)41-21-25-19-27(7-11-30(25)36(41)43)40-15-2-1-3-16-40/h4-13,18-20H,1-3,14-17,21-22H2,(H,37,42)(H,38,39). The molecule has 1 fully saturated rings. The largest absolute Gasteiger partial charge is 0.484 e. The van der Waals surface area contributed by atoms with Crippen LogP contribution in [0, 0.1) is 0 Å². The van der Waals surface area contributed by atoms with Crippen molar-refractivity contribution in [1.29, 1.82) is 0 Å². The van der Waals surface area contributed by atoms with E-state index in [9.17, 15) is 18.0 Å². The maximum Gasteiger partial charge on any atom is 0.262 e. The van der Waals surface area contributed by atoms with Gasteiger partial charge in [-0.25, -0.2) is 13.4 Å². The number of nitrogens with zero attached hydrogens (tertiary/aromatic N) is 3. The summed E-state index contributed by atoms with van der Waals surface area (Å²) < 4.78 is 29.8. The Morgan fingerprint density at radius 3 is 2.53 bits per heavy atom. The van der Waals surface area contributed by atoms with E-state index in [1.807, 2.05) is 41.3 Å². The number of carbonyl (C=O) groups excluding carboxylic acids is 2. The number of carbonyl (C=O) groups is 2. The lowest BCUT2D eigenvalue weighted by Crippen LogP contribution is -2.29. The first-order valence-electron chi connectivity index (χ1n) is 15.9. The number of aromatic amines is 1. The van der Waals surface area contributed by atoms with Crippen LogP contribution in [0.25, 0.3) is 22.4 Å². The van der Waals surface area contributed by atoms with Crippen LogP contribution in [0.2, 0.25) is 0 Å². The average molecular weight is 648 g/mol. The Morgan fingerprint density at radius 2 is 1.70 bits per heavy atom. The fourth-order valence-corrected chi connectivity index (χ4v) is 8.27. The van der Waals surface area contributed by atoms with E-state index in [2.05, 4.69) is 27.3 Å². The van der Waals surface area contributed by atoms with Gasteiger partial charge in [-0.05, 0) is 116 Å². The number of aromatic nitrogens is 2. The molecule has 0 aliphatic carbocycles. The molecule has 0 atom stereocenters. The Kier molecular flexibility index (Phi) is 7.20. The number of ether oxygens (including phenoxy) is 1. The van der Waals surface area contributed by atoms with Crippen molar-refractivity contribution in [2.24, 2.45) is 0 Å². The number of piperidine rings is 1. The fraction of sp³-hybridized carbons (Fsp3) is 0.250. The van der Waals surface area contributed by atoms with Crippen molar-refractivity contribution in [2.45, 2.75) is 37.1 Å². The smallest absolute Gasteiger partial charge is 0.262 e. The molecule has 238 valence electrons. The van der Waals surface area contributed by atoms with Gasteiger partial charge in [0, 0.05) is 41.3 Å². The van der Waals surface area contributed by atoms with Gasteiger partial charge >= 0.3 is 0 Å². The van der Waals surface area contributed by atoms with Gasteiger partial charge in [-0.1, -0.05) is 0 Å². The summed E-state index contributed by atoms with van der Waals surface area (Å²) in [6, 6.07) is 24.2. The highest BCUT2D eigenvalue weighted by Crippen LogP contribution is 2.34. The summed E-state index contributed by atoms with van der Waals surface area (Å²) in [7, 11) is -3.21. The van der Waals surface area contributed by atoms with Crippen LogP contribution in [0.3, 0.4) is 0 Å². The highest BCUT2D eigenvalue weighted by atomic mass is 32.2. The van der Waals surface area contributed by atoms with E-state index in [1.165, 1.54) is 24.9 Å². The third-order valence-electron chi connectivity index (χ3n) is 9.21. The van der Waals surface area contributed by atoms with Crippen LogP contribution in [0.4, 0.5) is 17.1 Å². The SMILES string of the molecule is O=C(COc1ccc(-c2nc3cc(N4Cc5cc(N6CCCCC6)ccc5C4=O)ccc3[nH]2)cc1)Nc1ccc2c(c1)CCS2(=O)=O. The molecular formula is C36H33N5O5S. The molecule has 5 aromatic rings. The van der Waals surface area contributed by atoms with Crippen molar-refractivity contribution in [3.63, 3.8) is 0 Å². The summed E-state index contributed by atoms with van der Waals surface area (Å²) in [5.41, 5.74) is 7.55. The molecule has 8 rings (SSSR count). The minimum absolute atomic E-state index is 0.00676. The van der Waals surface area contributed by atoms with Crippen LogP contribution >= 0.6 is 0 Å². The minimum atomic E-state index is -3.21. The van der Waals surface area contributed by atoms with Gasteiger partial charge in [-0.15, -0.1) is 0 Å². The molecule has 1 aromatic heterocycles. The van der Waals surface area contributed by atoms with Gasteiger partial charge in [0.15, 0.2) is 16.4 Å². The van der Waals surface area contributed by atoms with Crippen molar-refractivity contribution in [1.82, 2.24) is 9.97 Å². The van der Waals surface area contributed by atoms with Gasteiger partial charge in [0.2, 0.25) is 0 Å². The summed E-state index contributed by atoms with van der Waals surface area (Å²) in [5, 5.41) is 2.77. The zero-order chi connectivity index (χ0) is 32.1. The van der Waals surface area contributed by atoms with Gasteiger partial charge < -0.3 is 24.8 Å². The summed E-state index contributed by atoms with van der Waals surface area (Å²) in [6.45, 7) is 2.47. The number of hydrogen-bond donors (Lipinski definition) is 2. The molecule has 0 unspecified atom stereocenters. The molecule has 3 aliphatic rings. The number of benzene rings is 4. The van der Waals surface area contributed by atoms with Gasteiger partial charge in [0.05, 0.1) is 28.2 Å². The van der Waals surface area contributed by atoms with E-state index in [1.54, 1.807) is 30.3 Å². The van der Waals surface area contributed by atoms with E-state index in [0.29, 0.717) is 35.1 Å². The van der Waals surface area contributed by atoms with Crippen molar-refractivity contribution >= 4 is 49.7 Å². The van der Waals surface area contributed by atoms with Crippen LogP contribution in [0.15, 0.2) is 83.8 Å². The van der Waals surface area contributed by atoms with Gasteiger partial charge in [-0.3, -0.25) is 9.59 Å². The zero-order valence-corrected chi connectivity index (χ0v) is 26.5. The Labute approximate surface area is 272 Å². The Hall–Kier alpha value is -5.16. The molecule has 4 aromatic carbocycles. The summed E-state index contributed by atoms with van der Waals surface area (Å²) in [6.07, 6.45) is 4.15. The summed E-state index contributed by atoms with van der Waals surface area (Å²) >= 11 is 0. The number of H-pyrrole nitrogens is 1. The number of hydrogen-bond acceptors (Lipinski definition) is 7.